The van der Waals surface area contributed by atoms with Gasteiger partial charge in [0.2, 0.25) is 0 Å². The van der Waals surface area contributed by atoms with Gasteiger partial charge in [-0.15, -0.1) is 0 Å². The van der Waals surface area contributed by atoms with Crippen molar-refractivity contribution in [3.63, 3.8) is 0 Å². The molecule has 0 saturated heterocycles. The van der Waals surface area contributed by atoms with Crippen LogP contribution in [0.5, 0.6) is 0 Å². The normalized spacial score (nSPS) is 12.1. The minimum Gasteiger partial charge on any atom is -0.373 e. The molecule has 1 unspecified atom stereocenters. The molecule has 0 fully saturated rings. The van der Waals surface area contributed by atoms with Crippen molar-refractivity contribution >= 4 is 17.0 Å². The molecule has 0 spiro atoms. The van der Waals surface area contributed by atoms with E-state index in [1.54, 1.807) is 11.3 Å². The Morgan fingerprint density at radius 3 is 2.20 bits per heavy atom. The van der Waals surface area contributed by atoms with Crippen molar-refractivity contribution in [1.82, 2.24) is 0 Å². The molecule has 3 heteroatoms. The Bertz CT molecular complexity index is 647. The Hall–Kier alpha value is -2.13. The van der Waals surface area contributed by atoms with Gasteiger partial charge in [0.15, 0.2) is 0 Å². The second kappa shape index (κ2) is 5.88. The van der Waals surface area contributed by atoms with Crippen LogP contribution >= 0.6 is 11.3 Å². The molecule has 1 aromatic heterocycles. The third-order valence-corrected chi connectivity index (χ3v) is 3.85. The molecule has 1 nitrogen and oxygen atoms in total. The quantitative estimate of drug-likeness (QED) is 0.703. The van der Waals surface area contributed by atoms with Crippen LogP contribution in [-0.2, 0) is 0 Å². The molecular formula is C17H14FNS. The number of hydrogen-bond acceptors (Lipinski definition) is 2. The fourth-order valence-corrected chi connectivity index (χ4v) is 2.77. The molecule has 1 atom stereocenters. The topological polar surface area (TPSA) is 12.0 Å². The van der Waals surface area contributed by atoms with E-state index in [0.29, 0.717) is 0 Å². The van der Waals surface area contributed by atoms with E-state index in [2.05, 4.69) is 22.8 Å². The molecule has 3 rings (SSSR count). The van der Waals surface area contributed by atoms with Crippen LogP contribution in [0.3, 0.4) is 0 Å². The van der Waals surface area contributed by atoms with E-state index in [4.69, 9.17) is 0 Å². The predicted molar refractivity (Wildman–Crippen MR) is 82.6 cm³/mol. The van der Waals surface area contributed by atoms with Crippen molar-refractivity contribution in [2.45, 2.75) is 6.04 Å². The maximum absolute atomic E-state index is 13.1. The summed E-state index contributed by atoms with van der Waals surface area (Å²) in [7, 11) is 0. The summed E-state index contributed by atoms with van der Waals surface area (Å²) >= 11 is 1.65. The molecular weight excluding hydrogens is 269 g/mol. The molecule has 0 aliphatic carbocycles. The van der Waals surface area contributed by atoms with Gasteiger partial charge in [0.05, 0.1) is 6.04 Å². The number of hydrogen-bond donors (Lipinski definition) is 1. The SMILES string of the molecule is Fc1ccc(C(Nc2ccsc2)c2ccccc2)cc1. The highest BCUT2D eigenvalue weighted by molar-refractivity contribution is 7.08. The van der Waals surface area contributed by atoms with Crippen LogP contribution in [0.1, 0.15) is 17.2 Å². The summed E-state index contributed by atoms with van der Waals surface area (Å²) < 4.78 is 13.1. The van der Waals surface area contributed by atoms with Gasteiger partial charge in [0, 0.05) is 11.1 Å². The van der Waals surface area contributed by atoms with E-state index >= 15 is 0 Å². The van der Waals surface area contributed by atoms with Crippen LogP contribution in [0.25, 0.3) is 0 Å². The second-order valence-corrected chi connectivity index (χ2v) is 5.33. The summed E-state index contributed by atoms with van der Waals surface area (Å²) in [5.74, 6) is -0.212. The number of benzene rings is 2. The lowest BCUT2D eigenvalue weighted by atomic mass is 9.98. The van der Waals surface area contributed by atoms with Crippen molar-refractivity contribution in [3.05, 3.63) is 88.4 Å². The molecule has 0 aliphatic heterocycles. The van der Waals surface area contributed by atoms with Crippen molar-refractivity contribution in [3.8, 4) is 0 Å². The van der Waals surface area contributed by atoms with Gasteiger partial charge in [0.1, 0.15) is 5.82 Å². The van der Waals surface area contributed by atoms with E-state index < -0.39 is 0 Å². The van der Waals surface area contributed by atoms with Crippen LogP contribution in [0.2, 0.25) is 0 Å². The minimum absolute atomic E-state index is 0.0198. The monoisotopic (exact) mass is 283 g/mol. The van der Waals surface area contributed by atoms with Gasteiger partial charge in [-0.2, -0.15) is 11.3 Å². The number of anilines is 1. The van der Waals surface area contributed by atoms with Crippen LogP contribution in [-0.4, -0.2) is 0 Å². The number of rotatable bonds is 4. The van der Waals surface area contributed by atoms with Gasteiger partial charge in [0.25, 0.3) is 0 Å². The van der Waals surface area contributed by atoms with Crippen molar-refractivity contribution in [1.29, 1.82) is 0 Å². The summed E-state index contributed by atoms with van der Waals surface area (Å²) in [6, 6.07) is 18.9. The molecule has 1 heterocycles. The highest BCUT2D eigenvalue weighted by Crippen LogP contribution is 2.27. The Kier molecular flexibility index (Phi) is 3.79. The number of thiophene rings is 1. The predicted octanol–water partition coefficient (Wildman–Crippen LogP) is 5.09. The third-order valence-electron chi connectivity index (χ3n) is 3.17. The molecule has 0 radical (unpaired) electrons. The van der Waals surface area contributed by atoms with E-state index in [9.17, 15) is 4.39 Å². The number of halogens is 1. The van der Waals surface area contributed by atoms with Crippen molar-refractivity contribution in [2.24, 2.45) is 0 Å². The van der Waals surface area contributed by atoms with Gasteiger partial charge in [-0.05, 0) is 34.7 Å². The van der Waals surface area contributed by atoms with Gasteiger partial charge in [-0.25, -0.2) is 4.39 Å². The first-order valence-electron chi connectivity index (χ1n) is 6.42. The van der Waals surface area contributed by atoms with E-state index in [1.165, 1.54) is 12.1 Å². The Labute approximate surface area is 121 Å². The zero-order chi connectivity index (χ0) is 13.8. The summed E-state index contributed by atoms with van der Waals surface area (Å²) in [6.07, 6.45) is 0. The molecule has 1 N–H and O–H groups in total. The lowest BCUT2D eigenvalue weighted by Crippen LogP contribution is -2.11. The lowest BCUT2D eigenvalue weighted by molar-refractivity contribution is 0.626. The second-order valence-electron chi connectivity index (χ2n) is 4.55. The summed E-state index contributed by atoms with van der Waals surface area (Å²) in [5.41, 5.74) is 3.28. The molecule has 20 heavy (non-hydrogen) atoms. The average molecular weight is 283 g/mol. The molecule has 0 bridgehead atoms. The van der Waals surface area contributed by atoms with E-state index in [1.807, 2.05) is 41.8 Å². The van der Waals surface area contributed by atoms with Crippen LogP contribution in [0, 0.1) is 5.82 Å². The smallest absolute Gasteiger partial charge is 0.123 e. The Morgan fingerprint density at radius 2 is 1.55 bits per heavy atom. The fraction of sp³-hybridized carbons (Fsp3) is 0.0588. The minimum atomic E-state index is -0.212. The Balaban J connectivity index is 1.97. The zero-order valence-corrected chi connectivity index (χ0v) is 11.6. The zero-order valence-electron chi connectivity index (χ0n) is 10.8. The van der Waals surface area contributed by atoms with Crippen molar-refractivity contribution < 1.29 is 4.39 Å². The molecule has 0 aliphatic rings. The molecule has 0 saturated carbocycles. The van der Waals surface area contributed by atoms with E-state index in [0.717, 1.165) is 16.8 Å². The Morgan fingerprint density at radius 1 is 0.850 bits per heavy atom. The maximum Gasteiger partial charge on any atom is 0.123 e. The number of nitrogens with one attached hydrogen (secondary N) is 1. The maximum atomic E-state index is 13.1. The first-order valence-corrected chi connectivity index (χ1v) is 7.36. The first kappa shape index (κ1) is 12.9. The molecule has 0 amide bonds. The summed E-state index contributed by atoms with van der Waals surface area (Å²) in [4.78, 5) is 0. The largest absolute Gasteiger partial charge is 0.373 e. The summed E-state index contributed by atoms with van der Waals surface area (Å²) in [5, 5.41) is 7.60. The van der Waals surface area contributed by atoms with E-state index in [-0.39, 0.29) is 11.9 Å². The summed E-state index contributed by atoms with van der Waals surface area (Å²) in [6.45, 7) is 0. The highest BCUT2D eigenvalue weighted by atomic mass is 32.1. The fourth-order valence-electron chi connectivity index (χ4n) is 2.17. The van der Waals surface area contributed by atoms with Gasteiger partial charge < -0.3 is 5.32 Å². The lowest BCUT2D eigenvalue weighted by Gasteiger charge is -2.20. The first-order chi connectivity index (χ1) is 9.83. The third kappa shape index (κ3) is 2.89. The average Bonchev–Trinajstić information content (AvgIpc) is 3.00. The van der Waals surface area contributed by atoms with Crippen LogP contribution in [0.4, 0.5) is 10.1 Å². The van der Waals surface area contributed by atoms with Gasteiger partial charge >= 0.3 is 0 Å². The molecule has 3 aromatic rings. The van der Waals surface area contributed by atoms with Gasteiger partial charge in [-0.1, -0.05) is 42.5 Å². The van der Waals surface area contributed by atoms with Crippen LogP contribution < -0.4 is 5.32 Å². The standard InChI is InChI=1S/C17H14FNS/c18-15-8-6-14(7-9-15)17(13-4-2-1-3-5-13)19-16-10-11-20-12-16/h1-12,17,19H. The highest BCUT2D eigenvalue weighted by Gasteiger charge is 2.14. The molecule has 2 aromatic carbocycles. The van der Waals surface area contributed by atoms with Crippen molar-refractivity contribution in [2.75, 3.05) is 5.32 Å². The van der Waals surface area contributed by atoms with Crippen LogP contribution in [0.15, 0.2) is 71.4 Å². The molecule has 100 valence electrons. The van der Waals surface area contributed by atoms with Gasteiger partial charge in [-0.3, -0.25) is 0 Å².